The summed E-state index contributed by atoms with van der Waals surface area (Å²) >= 11 is 2.94. The zero-order chi connectivity index (χ0) is 21.3. The molecule has 0 atom stereocenters. The van der Waals surface area contributed by atoms with E-state index in [1.165, 1.54) is 12.1 Å². The molecule has 0 saturated heterocycles. The standard InChI is InChI=1S/C19H12BrF7N/c1-2-3-12-8-14(17(21,18(22,23)24)19(25,26)27)16(15(20)9-12)13-6-4-11(10-28)5-7-13/h4-8H,2-3H2,1H3. The first kappa shape index (κ1) is 22.2. The molecule has 9 heteroatoms. The second-order valence-electron chi connectivity index (χ2n) is 5.99. The van der Waals surface area contributed by atoms with Gasteiger partial charge in [0.25, 0.3) is 0 Å². The van der Waals surface area contributed by atoms with E-state index in [4.69, 9.17) is 5.26 Å². The first-order valence-corrected chi connectivity index (χ1v) is 8.74. The van der Waals surface area contributed by atoms with Gasteiger partial charge in [-0.15, -0.1) is 0 Å². The molecule has 0 amide bonds. The predicted octanol–water partition coefficient (Wildman–Crippen LogP) is 7.03. The van der Waals surface area contributed by atoms with Crippen LogP contribution in [0.25, 0.3) is 11.1 Å². The van der Waals surface area contributed by atoms with Crippen LogP contribution in [0.2, 0.25) is 0 Å². The van der Waals surface area contributed by atoms with Gasteiger partial charge in [0, 0.05) is 21.7 Å². The molecule has 149 valence electrons. The van der Waals surface area contributed by atoms with E-state index in [-0.39, 0.29) is 27.6 Å². The van der Waals surface area contributed by atoms with Crippen molar-refractivity contribution < 1.29 is 30.7 Å². The number of hydrogen-bond donors (Lipinski definition) is 0. The van der Waals surface area contributed by atoms with E-state index in [1.54, 1.807) is 13.0 Å². The third kappa shape index (κ3) is 3.88. The Kier molecular flexibility index (Phi) is 6.14. The smallest absolute Gasteiger partial charge is 0.218 e. The van der Waals surface area contributed by atoms with E-state index >= 15 is 0 Å². The van der Waals surface area contributed by atoms with Crippen molar-refractivity contribution in [3.05, 3.63) is 57.6 Å². The molecule has 0 fully saturated rings. The van der Waals surface area contributed by atoms with Gasteiger partial charge < -0.3 is 0 Å². The fourth-order valence-electron chi connectivity index (χ4n) is 2.74. The van der Waals surface area contributed by atoms with E-state index in [0.29, 0.717) is 12.5 Å². The Morgan fingerprint density at radius 1 is 1.00 bits per heavy atom. The second kappa shape index (κ2) is 7.74. The average molecular weight is 467 g/mol. The van der Waals surface area contributed by atoms with E-state index < -0.39 is 29.1 Å². The highest BCUT2D eigenvalue weighted by atomic mass is 79.9. The summed E-state index contributed by atoms with van der Waals surface area (Å²) in [6.45, 7) is 1.67. The maximum absolute atomic E-state index is 14.9. The molecule has 2 aromatic carbocycles. The van der Waals surface area contributed by atoms with Crippen molar-refractivity contribution in [2.75, 3.05) is 0 Å². The van der Waals surface area contributed by atoms with Crippen molar-refractivity contribution in [1.29, 1.82) is 5.26 Å². The minimum atomic E-state index is -6.24. The quantitative estimate of drug-likeness (QED) is 0.443. The molecule has 0 heterocycles. The molecule has 0 bridgehead atoms. The lowest BCUT2D eigenvalue weighted by molar-refractivity contribution is -0.348. The molecule has 2 rings (SSSR count). The average Bonchev–Trinajstić information content (AvgIpc) is 2.59. The third-order valence-corrected chi connectivity index (χ3v) is 4.65. The summed E-state index contributed by atoms with van der Waals surface area (Å²) in [5.74, 6) is 0. The highest BCUT2D eigenvalue weighted by Crippen LogP contribution is 2.56. The Morgan fingerprint density at radius 2 is 1.54 bits per heavy atom. The lowest BCUT2D eigenvalue weighted by Crippen LogP contribution is -2.50. The molecule has 0 N–H and O–H groups in total. The SMILES string of the molecule is CCCc1[c]c(Br)c(-c2ccc(C#N)cc2)c(C(F)(C(F)(F)F)C(F)(F)F)c1. The van der Waals surface area contributed by atoms with Crippen molar-refractivity contribution >= 4 is 15.9 Å². The Bertz CT molecular complexity index is 879. The Labute approximate surface area is 164 Å². The maximum atomic E-state index is 14.9. The number of nitrogens with zero attached hydrogens (tertiary/aromatic N) is 1. The molecular weight excluding hydrogens is 455 g/mol. The maximum Gasteiger partial charge on any atom is 0.435 e. The van der Waals surface area contributed by atoms with Gasteiger partial charge in [0.05, 0.1) is 11.6 Å². The second-order valence-corrected chi connectivity index (χ2v) is 6.78. The van der Waals surface area contributed by atoms with Gasteiger partial charge in [0.2, 0.25) is 0 Å². The van der Waals surface area contributed by atoms with Crippen molar-refractivity contribution in [3.8, 4) is 17.2 Å². The zero-order valence-electron chi connectivity index (χ0n) is 14.3. The molecule has 0 aliphatic rings. The fraction of sp³-hybridized carbons (Fsp3) is 0.316. The van der Waals surface area contributed by atoms with E-state index in [9.17, 15) is 30.7 Å². The molecule has 0 unspecified atom stereocenters. The van der Waals surface area contributed by atoms with Crippen molar-refractivity contribution in [2.45, 2.75) is 37.8 Å². The fourth-order valence-corrected chi connectivity index (χ4v) is 3.44. The van der Waals surface area contributed by atoms with Crippen LogP contribution in [0.3, 0.4) is 0 Å². The normalized spacial score (nSPS) is 12.7. The minimum Gasteiger partial charge on any atom is -0.218 e. The molecule has 0 aromatic heterocycles. The van der Waals surface area contributed by atoms with Gasteiger partial charge in [-0.1, -0.05) is 31.5 Å². The number of hydrogen-bond acceptors (Lipinski definition) is 1. The Hall–Kier alpha value is -2.08. The monoisotopic (exact) mass is 466 g/mol. The third-order valence-electron chi connectivity index (χ3n) is 4.05. The van der Waals surface area contributed by atoms with Crippen LogP contribution in [0.15, 0.2) is 34.8 Å². The highest BCUT2D eigenvalue weighted by Gasteiger charge is 2.74. The summed E-state index contributed by atoms with van der Waals surface area (Å²) in [6, 6.07) is 9.75. The summed E-state index contributed by atoms with van der Waals surface area (Å²) in [5, 5.41) is 8.82. The number of halogens is 8. The van der Waals surface area contributed by atoms with E-state index in [1.807, 2.05) is 0 Å². The van der Waals surface area contributed by atoms with Crippen LogP contribution in [0.1, 0.15) is 30.0 Å². The topological polar surface area (TPSA) is 23.8 Å². The predicted molar refractivity (Wildman–Crippen MR) is 92.0 cm³/mol. The van der Waals surface area contributed by atoms with Crippen LogP contribution in [0.4, 0.5) is 30.7 Å². The Balaban J connectivity index is 2.91. The van der Waals surface area contributed by atoms with Crippen LogP contribution in [0.5, 0.6) is 0 Å². The summed E-state index contributed by atoms with van der Waals surface area (Å²) in [6.07, 6.45) is -11.9. The molecule has 0 saturated carbocycles. The lowest BCUT2D eigenvalue weighted by Gasteiger charge is -2.32. The van der Waals surface area contributed by atoms with Crippen LogP contribution >= 0.6 is 15.9 Å². The number of rotatable bonds is 4. The van der Waals surface area contributed by atoms with Crippen LogP contribution in [-0.4, -0.2) is 12.4 Å². The molecule has 1 radical (unpaired) electrons. The molecule has 0 aliphatic carbocycles. The number of aryl methyl sites for hydroxylation is 1. The van der Waals surface area contributed by atoms with Crippen LogP contribution in [0, 0.1) is 17.4 Å². The van der Waals surface area contributed by atoms with Crippen molar-refractivity contribution in [3.63, 3.8) is 0 Å². The molecule has 2 aromatic rings. The van der Waals surface area contributed by atoms with Gasteiger partial charge in [-0.25, -0.2) is 4.39 Å². The molecule has 1 nitrogen and oxygen atoms in total. The van der Waals surface area contributed by atoms with Crippen LogP contribution < -0.4 is 0 Å². The summed E-state index contributed by atoms with van der Waals surface area (Å²) in [7, 11) is 0. The first-order chi connectivity index (χ1) is 12.9. The van der Waals surface area contributed by atoms with E-state index in [0.717, 1.165) is 12.1 Å². The van der Waals surface area contributed by atoms with Crippen molar-refractivity contribution in [1.82, 2.24) is 0 Å². The van der Waals surface area contributed by atoms with E-state index in [2.05, 4.69) is 22.0 Å². The number of nitriles is 1. The summed E-state index contributed by atoms with van der Waals surface area (Å²) in [5.41, 5.74) is -7.73. The minimum absolute atomic E-state index is 0.0114. The summed E-state index contributed by atoms with van der Waals surface area (Å²) in [4.78, 5) is 0. The van der Waals surface area contributed by atoms with Gasteiger partial charge in [-0.05, 0) is 45.6 Å². The van der Waals surface area contributed by atoms with Gasteiger partial charge in [-0.2, -0.15) is 31.6 Å². The Morgan fingerprint density at radius 3 is 1.96 bits per heavy atom. The van der Waals surface area contributed by atoms with Gasteiger partial charge in [0.1, 0.15) is 0 Å². The first-order valence-electron chi connectivity index (χ1n) is 7.94. The number of alkyl halides is 7. The summed E-state index contributed by atoms with van der Waals surface area (Å²) < 4.78 is 95.0. The largest absolute Gasteiger partial charge is 0.435 e. The molecule has 0 aliphatic heterocycles. The molecule has 0 spiro atoms. The van der Waals surface area contributed by atoms with Gasteiger partial charge in [-0.3, -0.25) is 0 Å². The van der Waals surface area contributed by atoms with Gasteiger partial charge in [0.15, 0.2) is 0 Å². The lowest BCUT2D eigenvalue weighted by atomic mass is 9.85. The highest BCUT2D eigenvalue weighted by molar-refractivity contribution is 9.10. The van der Waals surface area contributed by atoms with Gasteiger partial charge >= 0.3 is 18.0 Å². The molecule has 28 heavy (non-hydrogen) atoms. The molecular formula is C19H12BrF7N. The number of benzene rings is 2. The van der Waals surface area contributed by atoms with Crippen LogP contribution in [-0.2, 0) is 12.1 Å². The van der Waals surface area contributed by atoms with Crippen molar-refractivity contribution in [2.24, 2.45) is 0 Å². The zero-order valence-corrected chi connectivity index (χ0v) is 15.9.